The lowest BCUT2D eigenvalue weighted by Crippen LogP contribution is -2.25. The first-order chi connectivity index (χ1) is 12.3. The maximum Gasteiger partial charge on any atom is 0.277 e. The van der Waals surface area contributed by atoms with Crippen LogP contribution in [-0.2, 0) is 10.2 Å². The fourth-order valence-electron chi connectivity index (χ4n) is 2.38. The van der Waals surface area contributed by atoms with Gasteiger partial charge in [-0.25, -0.2) is 5.43 Å². The number of rotatable bonds is 6. The maximum atomic E-state index is 12.0. The van der Waals surface area contributed by atoms with E-state index in [0.29, 0.717) is 17.2 Å². The Labute approximate surface area is 155 Å². The molecule has 0 unspecified atom stereocenters. The molecule has 0 aromatic heterocycles. The van der Waals surface area contributed by atoms with Crippen molar-refractivity contribution < 1.29 is 14.3 Å². The highest BCUT2D eigenvalue weighted by atomic mass is 16.5. The summed E-state index contributed by atoms with van der Waals surface area (Å²) in [6, 6.07) is 15.3. The van der Waals surface area contributed by atoms with Crippen LogP contribution in [0.3, 0.4) is 0 Å². The van der Waals surface area contributed by atoms with Crippen LogP contribution in [0.2, 0.25) is 0 Å². The van der Waals surface area contributed by atoms with Crippen molar-refractivity contribution in [2.45, 2.75) is 33.1 Å². The Morgan fingerprint density at radius 2 is 1.73 bits per heavy atom. The Balaban J connectivity index is 1.90. The summed E-state index contributed by atoms with van der Waals surface area (Å²) in [7, 11) is 1.60. The predicted octanol–water partition coefficient (Wildman–Crippen LogP) is 3.91. The van der Waals surface area contributed by atoms with Crippen molar-refractivity contribution in [1.29, 1.82) is 0 Å². The normalized spacial score (nSPS) is 11.8. The van der Waals surface area contributed by atoms with E-state index in [4.69, 9.17) is 9.47 Å². The molecule has 1 amide bonds. The van der Waals surface area contributed by atoms with Gasteiger partial charge in [-0.1, -0.05) is 45.0 Å². The zero-order chi connectivity index (χ0) is 19.2. The van der Waals surface area contributed by atoms with Gasteiger partial charge in [-0.05, 0) is 42.2 Å². The summed E-state index contributed by atoms with van der Waals surface area (Å²) < 4.78 is 10.8. The van der Waals surface area contributed by atoms with Crippen molar-refractivity contribution >= 4 is 11.6 Å². The largest absolute Gasteiger partial charge is 0.496 e. The second-order valence-corrected chi connectivity index (χ2v) is 7.00. The summed E-state index contributed by atoms with van der Waals surface area (Å²) in [4.78, 5) is 12.0. The second-order valence-electron chi connectivity index (χ2n) is 7.00. The number of para-hydroxylation sites is 1. The standard InChI is InChI=1S/C21H26N2O3/c1-15(18-8-6-7-9-19(18)25-5)22-23-20(24)14-26-17-12-10-16(11-13-17)21(2,3)4/h6-13H,14H2,1-5H3,(H,23,24)/b22-15+. The smallest absolute Gasteiger partial charge is 0.277 e. The summed E-state index contributed by atoms with van der Waals surface area (Å²) >= 11 is 0. The third kappa shape index (κ3) is 5.34. The molecule has 0 bridgehead atoms. The Morgan fingerprint density at radius 3 is 2.35 bits per heavy atom. The number of benzene rings is 2. The van der Waals surface area contributed by atoms with Crippen LogP contribution in [0.5, 0.6) is 11.5 Å². The molecule has 0 atom stereocenters. The topological polar surface area (TPSA) is 59.9 Å². The fraction of sp³-hybridized carbons (Fsp3) is 0.333. The average Bonchev–Trinajstić information content (AvgIpc) is 2.64. The van der Waals surface area contributed by atoms with Crippen molar-refractivity contribution in [1.82, 2.24) is 5.43 Å². The van der Waals surface area contributed by atoms with Crippen LogP contribution in [0.4, 0.5) is 0 Å². The van der Waals surface area contributed by atoms with E-state index >= 15 is 0 Å². The van der Waals surface area contributed by atoms with Gasteiger partial charge in [-0.15, -0.1) is 0 Å². The number of hydrogen-bond donors (Lipinski definition) is 1. The summed E-state index contributed by atoms with van der Waals surface area (Å²) in [5.41, 5.74) is 5.29. The molecule has 0 saturated heterocycles. The summed E-state index contributed by atoms with van der Waals surface area (Å²) in [5.74, 6) is 1.04. The summed E-state index contributed by atoms with van der Waals surface area (Å²) in [6.45, 7) is 8.16. The molecule has 1 N–H and O–H groups in total. The molecule has 0 radical (unpaired) electrons. The molecule has 0 heterocycles. The van der Waals surface area contributed by atoms with E-state index in [9.17, 15) is 4.79 Å². The SMILES string of the molecule is COc1ccccc1/C(C)=N/NC(=O)COc1ccc(C(C)(C)C)cc1. The highest BCUT2D eigenvalue weighted by Gasteiger charge is 2.13. The zero-order valence-electron chi connectivity index (χ0n) is 16.0. The number of amides is 1. The minimum atomic E-state index is -0.320. The first kappa shape index (κ1) is 19.5. The molecule has 138 valence electrons. The van der Waals surface area contributed by atoms with Gasteiger partial charge >= 0.3 is 0 Å². The number of nitrogens with zero attached hydrogens (tertiary/aromatic N) is 1. The van der Waals surface area contributed by atoms with Crippen LogP contribution < -0.4 is 14.9 Å². The van der Waals surface area contributed by atoms with Crippen molar-refractivity contribution in [2.75, 3.05) is 13.7 Å². The van der Waals surface area contributed by atoms with E-state index < -0.39 is 0 Å². The van der Waals surface area contributed by atoms with Gasteiger partial charge in [-0.2, -0.15) is 5.10 Å². The molecule has 0 aliphatic carbocycles. The molecule has 0 aliphatic heterocycles. The first-order valence-electron chi connectivity index (χ1n) is 8.51. The van der Waals surface area contributed by atoms with E-state index in [1.165, 1.54) is 5.56 Å². The molecule has 5 nitrogen and oxygen atoms in total. The van der Waals surface area contributed by atoms with E-state index in [1.54, 1.807) is 7.11 Å². The zero-order valence-corrected chi connectivity index (χ0v) is 16.0. The number of hydrazone groups is 1. The molecule has 2 aromatic rings. The predicted molar refractivity (Wildman–Crippen MR) is 104 cm³/mol. The minimum Gasteiger partial charge on any atom is -0.496 e. The van der Waals surface area contributed by atoms with Crippen molar-refractivity contribution in [3.8, 4) is 11.5 Å². The minimum absolute atomic E-state index is 0.0840. The lowest BCUT2D eigenvalue weighted by Gasteiger charge is -2.19. The Kier molecular flexibility index (Phi) is 6.39. The average molecular weight is 354 g/mol. The van der Waals surface area contributed by atoms with Crippen LogP contribution >= 0.6 is 0 Å². The van der Waals surface area contributed by atoms with E-state index in [0.717, 1.165) is 5.56 Å². The number of hydrogen-bond acceptors (Lipinski definition) is 4. The number of carbonyl (C=O) groups is 1. The van der Waals surface area contributed by atoms with Gasteiger partial charge in [0.2, 0.25) is 0 Å². The van der Waals surface area contributed by atoms with E-state index in [2.05, 4.69) is 31.3 Å². The third-order valence-electron chi connectivity index (χ3n) is 3.94. The summed E-state index contributed by atoms with van der Waals surface area (Å²) in [6.07, 6.45) is 0. The van der Waals surface area contributed by atoms with Crippen LogP contribution in [-0.4, -0.2) is 25.3 Å². The highest BCUT2D eigenvalue weighted by Crippen LogP contribution is 2.24. The van der Waals surface area contributed by atoms with Gasteiger partial charge in [0, 0.05) is 5.56 Å². The van der Waals surface area contributed by atoms with Crippen molar-refractivity contribution in [3.05, 3.63) is 59.7 Å². The van der Waals surface area contributed by atoms with Gasteiger partial charge in [0.25, 0.3) is 5.91 Å². The van der Waals surface area contributed by atoms with Gasteiger partial charge in [0.15, 0.2) is 6.61 Å². The third-order valence-corrected chi connectivity index (χ3v) is 3.94. The van der Waals surface area contributed by atoms with Gasteiger partial charge in [0.1, 0.15) is 11.5 Å². The van der Waals surface area contributed by atoms with Gasteiger partial charge < -0.3 is 9.47 Å². The van der Waals surface area contributed by atoms with Gasteiger partial charge in [0.05, 0.1) is 12.8 Å². The Hall–Kier alpha value is -2.82. The lowest BCUT2D eigenvalue weighted by molar-refractivity contribution is -0.123. The fourth-order valence-corrected chi connectivity index (χ4v) is 2.38. The molecule has 0 spiro atoms. The highest BCUT2D eigenvalue weighted by molar-refractivity contribution is 6.01. The molecular weight excluding hydrogens is 328 g/mol. The molecule has 26 heavy (non-hydrogen) atoms. The maximum absolute atomic E-state index is 12.0. The number of ether oxygens (including phenoxy) is 2. The van der Waals surface area contributed by atoms with Crippen LogP contribution in [0.15, 0.2) is 53.6 Å². The van der Waals surface area contributed by atoms with E-state index in [-0.39, 0.29) is 17.9 Å². The molecule has 2 rings (SSSR count). The number of methoxy groups -OCH3 is 1. The monoisotopic (exact) mass is 354 g/mol. The molecular formula is C21H26N2O3. The molecule has 0 fully saturated rings. The lowest BCUT2D eigenvalue weighted by atomic mass is 9.87. The Bertz CT molecular complexity index is 775. The molecule has 5 heteroatoms. The molecule has 0 aliphatic rings. The van der Waals surface area contributed by atoms with Gasteiger partial charge in [-0.3, -0.25) is 4.79 Å². The quantitative estimate of drug-likeness (QED) is 0.632. The van der Waals surface area contributed by atoms with E-state index in [1.807, 2.05) is 55.5 Å². The molecule has 0 saturated carbocycles. The van der Waals surface area contributed by atoms with Crippen LogP contribution in [0.1, 0.15) is 38.8 Å². The van der Waals surface area contributed by atoms with Crippen molar-refractivity contribution in [2.24, 2.45) is 5.10 Å². The first-order valence-corrected chi connectivity index (χ1v) is 8.51. The second kappa shape index (κ2) is 8.52. The molecule has 2 aromatic carbocycles. The van der Waals surface area contributed by atoms with Crippen molar-refractivity contribution in [3.63, 3.8) is 0 Å². The number of carbonyl (C=O) groups excluding carboxylic acids is 1. The Morgan fingerprint density at radius 1 is 1.08 bits per heavy atom. The van der Waals surface area contributed by atoms with Crippen LogP contribution in [0.25, 0.3) is 0 Å². The number of nitrogens with one attached hydrogen (secondary N) is 1. The summed E-state index contributed by atoms with van der Waals surface area (Å²) in [5, 5.41) is 4.12. The van der Waals surface area contributed by atoms with Crippen LogP contribution in [0, 0.1) is 0 Å².